The fourth-order valence-corrected chi connectivity index (χ4v) is 6.01. The van der Waals surface area contributed by atoms with Gasteiger partial charge in [0.1, 0.15) is 17.8 Å². The monoisotopic (exact) mass is 683 g/mol. The van der Waals surface area contributed by atoms with Gasteiger partial charge in [0.15, 0.2) is 9.84 Å². The summed E-state index contributed by atoms with van der Waals surface area (Å²) in [5.41, 5.74) is 2.42. The predicted molar refractivity (Wildman–Crippen MR) is 194 cm³/mol. The molecule has 10 heteroatoms. The van der Waals surface area contributed by atoms with Crippen LogP contribution in [0.15, 0.2) is 109 Å². The van der Waals surface area contributed by atoms with E-state index < -0.39 is 39.8 Å². The Bertz CT molecular complexity index is 1860. The van der Waals surface area contributed by atoms with Gasteiger partial charge in [-0.1, -0.05) is 105 Å². The summed E-state index contributed by atoms with van der Waals surface area (Å²) in [6.07, 6.45) is 3.47. The van der Waals surface area contributed by atoms with Gasteiger partial charge in [-0.3, -0.25) is 14.4 Å². The summed E-state index contributed by atoms with van der Waals surface area (Å²) in [4.78, 5) is 41.3. The molecule has 0 aliphatic rings. The van der Waals surface area contributed by atoms with Gasteiger partial charge in [-0.2, -0.15) is 0 Å². The third-order valence-corrected chi connectivity index (χ3v) is 8.61. The van der Waals surface area contributed by atoms with Crippen LogP contribution in [0.1, 0.15) is 37.0 Å². The average Bonchev–Trinajstić information content (AvgIpc) is 3.06. The van der Waals surface area contributed by atoms with Gasteiger partial charge < -0.3 is 20.7 Å². The minimum absolute atomic E-state index is 0.0642. The Balaban J connectivity index is 1.58. The van der Waals surface area contributed by atoms with E-state index in [0.29, 0.717) is 12.2 Å². The van der Waals surface area contributed by atoms with Crippen molar-refractivity contribution in [1.82, 2.24) is 16.0 Å². The topological polar surface area (TPSA) is 131 Å². The van der Waals surface area contributed by atoms with E-state index in [1.54, 1.807) is 19.2 Å². The molecule has 0 saturated heterocycles. The van der Waals surface area contributed by atoms with Crippen molar-refractivity contribution in [2.24, 2.45) is 5.92 Å². The normalized spacial score (nSPS) is 13.5. The summed E-state index contributed by atoms with van der Waals surface area (Å²) < 4.78 is 29.0. The minimum Gasteiger partial charge on any atom is -0.497 e. The van der Waals surface area contributed by atoms with Crippen molar-refractivity contribution in [3.63, 3.8) is 0 Å². The Kier molecular flexibility index (Phi) is 13.1. The quantitative estimate of drug-likeness (QED) is 0.154. The van der Waals surface area contributed by atoms with Gasteiger partial charge in [0.25, 0.3) is 0 Å². The number of carbonyl (C=O) groups is 3. The Morgan fingerprint density at radius 2 is 1.29 bits per heavy atom. The first kappa shape index (κ1) is 36.9. The Hall–Kier alpha value is -4.96. The first-order chi connectivity index (χ1) is 23.4. The Morgan fingerprint density at radius 1 is 0.714 bits per heavy atom. The third kappa shape index (κ3) is 12.2. The number of sulfone groups is 1. The molecule has 0 heterocycles. The van der Waals surface area contributed by atoms with E-state index >= 15 is 0 Å². The van der Waals surface area contributed by atoms with Crippen molar-refractivity contribution in [1.29, 1.82) is 0 Å². The fraction of sp³-hybridized carbons (Fsp3) is 0.308. The summed E-state index contributed by atoms with van der Waals surface area (Å²) >= 11 is 0. The number of benzene rings is 4. The van der Waals surface area contributed by atoms with Crippen LogP contribution in [-0.2, 0) is 43.5 Å². The summed E-state index contributed by atoms with van der Waals surface area (Å²) in [7, 11) is -1.85. The van der Waals surface area contributed by atoms with Crippen LogP contribution in [-0.4, -0.2) is 57.6 Å². The highest BCUT2D eigenvalue weighted by molar-refractivity contribution is 7.93. The zero-order chi connectivity index (χ0) is 35.4. The maximum Gasteiger partial charge on any atom is 0.243 e. The highest BCUT2D eigenvalue weighted by Gasteiger charge is 2.28. The van der Waals surface area contributed by atoms with Crippen LogP contribution in [0, 0.1) is 5.92 Å². The summed E-state index contributed by atoms with van der Waals surface area (Å²) in [6.45, 7) is 3.95. The van der Waals surface area contributed by atoms with E-state index in [-0.39, 0.29) is 31.1 Å². The summed E-state index contributed by atoms with van der Waals surface area (Å²) in [5, 5.41) is 11.9. The van der Waals surface area contributed by atoms with Gasteiger partial charge >= 0.3 is 0 Å². The van der Waals surface area contributed by atoms with Gasteiger partial charge in [0, 0.05) is 30.5 Å². The molecule has 1 unspecified atom stereocenters. The number of hydrogen-bond donors (Lipinski definition) is 3. The molecule has 3 atom stereocenters. The molecule has 0 aromatic heterocycles. The molecule has 0 aliphatic carbocycles. The van der Waals surface area contributed by atoms with E-state index in [4.69, 9.17) is 4.74 Å². The van der Waals surface area contributed by atoms with Crippen molar-refractivity contribution >= 4 is 38.3 Å². The van der Waals surface area contributed by atoms with Crippen molar-refractivity contribution in [3.05, 3.63) is 125 Å². The molecule has 258 valence electrons. The van der Waals surface area contributed by atoms with Crippen molar-refractivity contribution in [2.75, 3.05) is 13.4 Å². The van der Waals surface area contributed by atoms with E-state index in [1.807, 2.05) is 98.8 Å². The number of rotatable bonds is 16. The summed E-state index contributed by atoms with van der Waals surface area (Å²) in [5.74, 6) is -0.512. The molecule has 4 aromatic carbocycles. The Morgan fingerprint density at radius 3 is 1.92 bits per heavy atom. The predicted octanol–water partition coefficient (Wildman–Crippen LogP) is 4.94. The number of nitrogens with one attached hydrogen (secondary N) is 3. The molecule has 3 amide bonds. The largest absolute Gasteiger partial charge is 0.497 e. The maximum atomic E-state index is 14.0. The molecule has 49 heavy (non-hydrogen) atoms. The standard InChI is InChI=1S/C39H45N3O6S/c1-27(2)22-33(20-21-49(4,46)47)40-38(44)36(24-28-10-6-5-7-11-28)42-39(45)35(25-29-15-18-34(48-3)19-16-29)41-37(43)26-30-14-17-31-12-8-9-13-32(31)23-30/h5-21,23,27,33,35-36H,22,24-26H2,1-4H3,(H,40,44)(H,41,43)(H,42,45)/b21-20+/t33?,35-,36-/m0/s1. The molecule has 0 saturated carbocycles. The van der Waals surface area contributed by atoms with Gasteiger partial charge in [-0.25, -0.2) is 8.42 Å². The van der Waals surface area contributed by atoms with Crippen LogP contribution in [0.4, 0.5) is 0 Å². The van der Waals surface area contributed by atoms with Crippen LogP contribution >= 0.6 is 0 Å². The second-order valence-corrected chi connectivity index (χ2v) is 14.6. The van der Waals surface area contributed by atoms with Gasteiger partial charge in [0.05, 0.1) is 13.5 Å². The lowest BCUT2D eigenvalue weighted by atomic mass is 10.0. The second-order valence-electron chi connectivity index (χ2n) is 12.7. The molecule has 0 fully saturated rings. The van der Waals surface area contributed by atoms with Gasteiger partial charge in [-0.05, 0) is 51.9 Å². The zero-order valence-electron chi connectivity index (χ0n) is 28.4. The van der Waals surface area contributed by atoms with Crippen LogP contribution < -0.4 is 20.7 Å². The lowest BCUT2D eigenvalue weighted by Crippen LogP contribution is -2.56. The highest BCUT2D eigenvalue weighted by Crippen LogP contribution is 2.17. The number of carbonyl (C=O) groups excluding carboxylic acids is 3. The van der Waals surface area contributed by atoms with Crippen LogP contribution in [0.5, 0.6) is 5.75 Å². The highest BCUT2D eigenvalue weighted by atomic mass is 32.2. The molecular formula is C39H45N3O6S. The van der Waals surface area contributed by atoms with Crippen LogP contribution in [0.25, 0.3) is 10.8 Å². The first-order valence-electron chi connectivity index (χ1n) is 16.3. The van der Waals surface area contributed by atoms with Gasteiger partial charge in [-0.15, -0.1) is 0 Å². The Labute approximate surface area is 289 Å². The summed E-state index contributed by atoms with van der Waals surface area (Å²) in [6, 6.07) is 27.6. The van der Waals surface area contributed by atoms with E-state index in [2.05, 4.69) is 16.0 Å². The number of methoxy groups -OCH3 is 1. The lowest BCUT2D eigenvalue weighted by Gasteiger charge is -2.26. The van der Waals surface area contributed by atoms with Gasteiger partial charge in [0.2, 0.25) is 17.7 Å². The maximum absolute atomic E-state index is 14.0. The fourth-order valence-electron chi connectivity index (χ4n) is 5.53. The van der Waals surface area contributed by atoms with Crippen LogP contribution in [0.2, 0.25) is 0 Å². The van der Waals surface area contributed by atoms with Crippen LogP contribution in [0.3, 0.4) is 0 Å². The second kappa shape index (κ2) is 17.4. The van der Waals surface area contributed by atoms with Crippen molar-refractivity contribution < 1.29 is 27.5 Å². The molecule has 0 aliphatic heterocycles. The number of fused-ring (bicyclic) bond motifs is 1. The molecule has 4 rings (SSSR count). The number of amides is 3. The van der Waals surface area contributed by atoms with Crippen molar-refractivity contribution in [3.8, 4) is 5.75 Å². The molecule has 3 N–H and O–H groups in total. The van der Waals surface area contributed by atoms with E-state index in [9.17, 15) is 22.8 Å². The minimum atomic E-state index is -3.42. The SMILES string of the molecule is COc1ccc(C[C@H](NC(=O)Cc2ccc3ccccc3c2)C(=O)N[C@@H](Cc2ccccc2)C(=O)NC(/C=C/S(C)(=O)=O)CC(C)C)cc1. The molecular weight excluding hydrogens is 639 g/mol. The van der Waals surface area contributed by atoms with Crippen molar-refractivity contribution in [2.45, 2.75) is 57.7 Å². The average molecular weight is 684 g/mol. The number of ether oxygens (including phenoxy) is 1. The van der Waals surface area contributed by atoms with E-state index in [0.717, 1.165) is 39.1 Å². The molecule has 0 spiro atoms. The first-order valence-corrected chi connectivity index (χ1v) is 18.3. The third-order valence-electron chi connectivity index (χ3n) is 7.96. The molecule has 0 bridgehead atoms. The smallest absolute Gasteiger partial charge is 0.243 e. The lowest BCUT2D eigenvalue weighted by molar-refractivity contribution is -0.132. The van der Waals surface area contributed by atoms with E-state index in [1.165, 1.54) is 6.08 Å². The molecule has 0 radical (unpaired) electrons. The zero-order valence-corrected chi connectivity index (χ0v) is 29.2. The molecule has 4 aromatic rings. The number of hydrogen-bond acceptors (Lipinski definition) is 6. The molecule has 9 nitrogen and oxygen atoms in total.